The minimum absolute atomic E-state index is 0.291. The summed E-state index contributed by atoms with van der Waals surface area (Å²) < 4.78 is 1.06. The Balaban J connectivity index is 2.24. The highest BCUT2D eigenvalue weighted by Gasteiger charge is 2.14. The van der Waals surface area contributed by atoms with Crippen LogP contribution >= 0.6 is 27.5 Å². The molecule has 0 aromatic heterocycles. The highest BCUT2D eigenvalue weighted by atomic mass is 79.9. The van der Waals surface area contributed by atoms with E-state index in [1.54, 1.807) is 0 Å². The van der Waals surface area contributed by atoms with Crippen LogP contribution in [0.25, 0.3) is 0 Å². The first-order valence-corrected chi connectivity index (χ1v) is 7.60. The lowest BCUT2D eigenvalue weighted by atomic mass is 9.99. The van der Waals surface area contributed by atoms with Gasteiger partial charge in [-0.15, -0.1) is 0 Å². The molecule has 1 nitrogen and oxygen atoms in total. The quantitative estimate of drug-likeness (QED) is 0.809. The van der Waals surface area contributed by atoms with Crippen molar-refractivity contribution in [1.29, 1.82) is 0 Å². The molecular weight excluding hydrogens is 322 g/mol. The Labute approximate surface area is 128 Å². The van der Waals surface area contributed by atoms with Gasteiger partial charge in [-0.05, 0) is 36.2 Å². The lowest BCUT2D eigenvalue weighted by Gasteiger charge is -2.20. The van der Waals surface area contributed by atoms with Crippen LogP contribution < -0.4 is 5.32 Å². The number of hydrogen-bond donors (Lipinski definition) is 1. The zero-order valence-electron chi connectivity index (χ0n) is 10.9. The van der Waals surface area contributed by atoms with E-state index in [0.29, 0.717) is 6.04 Å². The van der Waals surface area contributed by atoms with Crippen LogP contribution in [0.1, 0.15) is 24.1 Å². The second kappa shape index (κ2) is 7.09. The second-order valence-electron chi connectivity index (χ2n) is 4.47. The van der Waals surface area contributed by atoms with Crippen molar-refractivity contribution in [1.82, 2.24) is 5.32 Å². The van der Waals surface area contributed by atoms with Crippen LogP contribution in [0.5, 0.6) is 0 Å². The molecule has 0 spiro atoms. The molecule has 0 heterocycles. The average molecular weight is 339 g/mol. The summed E-state index contributed by atoms with van der Waals surface area (Å²) in [6.07, 6.45) is 0.967. The van der Waals surface area contributed by atoms with Gasteiger partial charge in [-0.3, -0.25) is 0 Å². The van der Waals surface area contributed by atoms with E-state index in [1.807, 2.05) is 18.2 Å². The minimum atomic E-state index is 0.291. The minimum Gasteiger partial charge on any atom is -0.310 e. The predicted octanol–water partition coefficient (Wildman–Crippen LogP) is 5.00. The molecule has 2 aromatic rings. The Morgan fingerprint density at radius 1 is 1.16 bits per heavy atom. The zero-order chi connectivity index (χ0) is 13.7. The number of halogens is 2. The van der Waals surface area contributed by atoms with Gasteiger partial charge in [0.05, 0.1) is 0 Å². The SMILES string of the molecule is CCNC(Cc1ccccc1)c1ccc(Cl)cc1Br. The molecule has 1 N–H and O–H groups in total. The fraction of sp³-hybridized carbons (Fsp3) is 0.250. The van der Waals surface area contributed by atoms with Crippen LogP contribution in [0.3, 0.4) is 0 Å². The van der Waals surface area contributed by atoms with Gasteiger partial charge in [-0.25, -0.2) is 0 Å². The Kier molecular flexibility index (Phi) is 5.44. The van der Waals surface area contributed by atoms with Gasteiger partial charge in [0.25, 0.3) is 0 Å². The largest absolute Gasteiger partial charge is 0.310 e. The van der Waals surface area contributed by atoms with Crippen LogP contribution in [0.15, 0.2) is 53.0 Å². The van der Waals surface area contributed by atoms with Crippen molar-refractivity contribution in [3.63, 3.8) is 0 Å². The Bertz CT molecular complexity index is 528. The van der Waals surface area contributed by atoms with Crippen molar-refractivity contribution < 1.29 is 0 Å². The first-order chi connectivity index (χ1) is 9.20. The molecule has 0 bridgehead atoms. The molecule has 0 saturated heterocycles. The van der Waals surface area contributed by atoms with Gasteiger partial charge >= 0.3 is 0 Å². The van der Waals surface area contributed by atoms with Crippen LogP contribution in [-0.4, -0.2) is 6.54 Å². The summed E-state index contributed by atoms with van der Waals surface area (Å²) in [5, 5.41) is 4.29. The number of benzene rings is 2. The number of likely N-dealkylation sites (N-methyl/N-ethyl adjacent to an activating group) is 1. The molecule has 3 heteroatoms. The molecule has 100 valence electrons. The van der Waals surface area contributed by atoms with Crippen molar-refractivity contribution in [2.45, 2.75) is 19.4 Å². The van der Waals surface area contributed by atoms with E-state index in [0.717, 1.165) is 22.5 Å². The Hall–Kier alpha value is -0.830. The maximum atomic E-state index is 6.01. The summed E-state index contributed by atoms with van der Waals surface area (Å²) in [5.41, 5.74) is 2.57. The van der Waals surface area contributed by atoms with E-state index < -0.39 is 0 Å². The van der Waals surface area contributed by atoms with Crippen molar-refractivity contribution in [2.75, 3.05) is 6.54 Å². The summed E-state index contributed by atoms with van der Waals surface area (Å²) in [6, 6.07) is 16.8. The van der Waals surface area contributed by atoms with E-state index in [9.17, 15) is 0 Å². The predicted molar refractivity (Wildman–Crippen MR) is 85.7 cm³/mol. The van der Waals surface area contributed by atoms with E-state index in [4.69, 9.17) is 11.6 Å². The van der Waals surface area contributed by atoms with Gasteiger partial charge in [0.2, 0.25) is 0 Å². The summed E-state index contributed by atoms with van der Waals surface area (Å²) in [6.45, 7) is 3.06. The maximum Gasteiger partial charge on any atom is 0.0417 e. The van der Waals surface area contributed by atoms with E-state index in [-0.39, 0.29) is 0 Å². The van der Waals surface area contributed by atoms with E-state index >= 15 is 0 Å². The summed E-state index contributed by atoms with van der Waals surface area (Å²) in [4.78, 5) is 0. The molecular formula is C16H17BrClN. The van der Waals surface area contributed by atoms with Gasteiger partial charge in [0.15, 0.2) is 0 Å². The molecule has 1 unspecified atom stereocenters. The third kappa shape index (κ3) is 4.07. The Morgan fingerprint density at radius 2 is 1.89 bits per heavy atom. The lowest BCUT2D eigenvalue weighted by molar-refractivity contribution is 0.548. The highest BCUT2D eigenvalue weighted by Crippen LogP contribution is 2.28. The van der Waals surface area contributed by atoms with Gasteiger partial charge in [0.1, 0.15) is 0 Å². The van der Waals surface area contributed by atoms with E-state index in [2.05, 4.69) is 58.5 Å². The molecule has 1 atom stereocenters. The summed E-state index contributed by atoms with van der Waals surface area (Å²) in [5.74, 6) is 0. The smallest absolute Gasteiger partial charge is 0.0417 e. The third-order valence-corrected chi connectivity index (χ3v) is 3.99. The molecule has 0 fully saturated rings. The zero-order valence-corrected chi connectivity index (χ0v) is 13.2. The fourth-order valence-electron chi connectivity index (χ4n) is 2.17. The van der Waals surface area contributed by atoms with Crippen LogP contribution in [0.4, 0.5) is 0 Å². The summed E-state index contributed by atoms with van der Waals surface area (Å²) in [7, 11) is 0. The van der Waals surface area contributed by atoms with Crippen molar-refractivity contribution >= 4 is 27.5 Å². The normalized spacial score (nSPS) is 12.4. The molecule has 0 aliphatic heterocycles. The molecule has 0 radical (unpaired) electrons. The first kappa shape index (κ1) is 14.6. The van der Waals surface area contributed by atoms with Crippen molar-refractivity contribution in [3.05, 3.63) is 69.2 Å². The number of nitrogens with one attached hydrogen (secondary N) is 1. The lowest BCUT2D eigenvalue weighted by Crippen LogP contribution is -2.23. The van der Waals surface area contributed by atoms with Crippen LogP contribution in [0.2, 0.25) is 5.02 Å². The number of hydrogen-bond acceptors (Lipinski definition) is 1. The third-order valence-electron chi connectivity index (χ3n) is 3.07. The van der Waals surface area contributed by atoms with E-state index in [1.165, 1.54) is 11.1 Å². The molecule has 0 saturated carbocycles. The van der Waals surface area contributed by atoms with Gasteiger partial charge in [0, 0.05) is 15.5 Å². The molecule has 0 aliphatic rings. The average Bonchev–Trinajstić information content (AvgIpc) is 2.39. The summed E-state index contributed by atoms with van der Waals surface area (Å²) >= 11 is 9.62. The molecule has 0 amide bonds. The van der Waals surface area contributed by atoms with Crippen LogP contribution in [-0.2, 0) is 6.42 Å². The topological polar surface area (TPSA) is 12.0 Å². The highest BCUT2D eigenvalue weighted by molar-refractivity contribution is 9.10. The monoisotopic (exact) mass is 337 g/mol. The second-order valence-corrected chi connectivity index (χ2v) is 5.76. The van der Waals surface area contributed by atoms with Gasteiger partial charge in [-0.1, -0.05) is 70.9 Å². The fourth-order valence-corrected chi connectivity index (χ4v) is 3.13. The molecule has 2 aromatic carbocycles. The molecule has 19 heavy (non-hydrogen) atoms. The standard InChI is InChI=1S/C16H17BrClN/c1-2-19-16(10-12-6-4-3-5-7-12)14-9-8-13(18)11-15(14)17/h3-9,11,16,19H,2,10H2,1H3. The first-order valence-electron chi connectivity index (χ1n) is 6.43. The van der Waals surface area contributed by atoms with Gasteiger partial charge < -0.3 is 5.32 Å². The maximum absolute atomic E-state index is 6.01. The Morgan fingerprint density at radius 3 is 2.53 bits per heavy atom. The number of rotatable bonds is 5. The van der Waals surface area contributed by atoms with Gasteiger partial charge in [-0.2, -0.15) is 0 Å². The van der Waals surface area contributed by atoms with Crippen molar-refractivity contribution in [2.24, 2.45) is 0 Å². The molecule has 2 rings (SSSR count). The van der Waals surface area contributed by atoms with Crippen molar-refractivity contribution in [3.8, 4) is 0 Å². The van der Waals surface area contributed by atoms with Crippen LogP contribution in [0, 0.1) is 0 Å². The molecule has 0 aliphatic carbocycles.